The lowest BCUT2D eigenvalue weighted by Gasteiger charge is -2.35. The van der Waals surface area contributed by atoms with Gasteiger partial charge < -0.3 is 10.5 Å². The highest BCUT2D eigenvalue weighted by Crippen LogP contribution is 2.40. The summed E-state index contributed by atoms with van der Waals surface area (Å²) in [5.41, 5.74) is 5.93. The van der Waals surface area contributed by atoms with Crippen LogP contribution in [0.2, 0.25) is 5.02 Å². The fourth-order valence-electron chi connectivity index (χ4n) is 4.14. The van der Waals surface area contributed by atoms with E-state index in [9.17, 15) is 26.0 Å². The standard InChI is InChI=1S/C26H23ClF4N2O3S.ClH/c1-16(25-21(27)6-3-7-22(25)28)12-17-8-9-24-23(13-17)33(15-19(36-24)10-11-32)37(34,35)20-5-2-4-18(14-20)26(29,30)31;/h2-9,12-14,19H,10-11,15,32H2,1H3;1H/b16-12+;/t19-;/m0./s1. The molecule has 0 saturated carbocycles. The van der Waals surface area contributed by atoms with Crippen molar-refractivity contribution in [3.8, 4) is 5.75 Å². The summed E-state index contributed by atoms with van der Waals surface area (Å²) in [6.45, 7) is 1.74. The van der Waals surface area contributed by atoms with E-state index in [1.54, 1.807) is 31.2 Å². The minimum atomic E-state index is -4.71. The second-order valence-corrected chi connectivity index (χ2v) is 10.8. The average Bonchev–Trinajstić information content (AvgIpc) is 2.83. The molecular formula is C26H24Cl2F4N2O3S. The van der Waals surface area contributed by atoms with Crippen molar-refractivity contribution < 1.29 is 30.7 Å². The highest BCUT2D eigenvalue weighted by atomic mass is 35.5. The van der Waals surface area contributed by atoms with Crippen LogP contribution in [0.3, 0.4) is 0 Å². The number of hydrogen-bond acceptors (Lipinski definition) is 4. The summed E-state index contributed by atoms with van der Waals surface area (Å²) in [5.74, 6) is -0.278. The molecule has 4 rings (SSSR count). The molecular weight excluding hydrogens is 567 g/mol. The lowest BCUT2D eigenvalue weighted by Crippen LogP contribution is -2.44. The number of ether oxygens (including phenoxy) is 1. The van der Waals surface area contributed by atoms with Crippen molar-refractivity contribution in [3.63, 3.8) is 0 Å². The Morgan fingerprint density at radius 2 is 1.87 bits per heavy atom. The molecule has 0 spiro atoms. The summed E-state index contributed by atoms with van der Waals surface area (Å²) >= 11 is 6.17. The number of nitrogens with zero attached hydrogens (tertiary/aromatic N) is 1. The Kier molecular flexibility index (Phi) is 9.03. The molecule has 1 aliphatic heterocycles. The Balaban J connectivity index is 0.00000400. The van der Waals surface area contributed by atoms with E-state index in [1.165, 1.54) is 18.2 Å². The maximum Gasteiger partial charge on any atom is 0.416 e. The molecule has 0 bridgehead atoms. The van der Waals surface area contributed by atoms with E-state index in [2.05, 4.69) is 0 Å². The SMILES string of the molecule is C/C(=C\c1ccc2c(c1)N(S(=O)(=O)c1cccc(C(F)(F)F)c1)C[C@H](CCN)O2)c1c(F)cccc1Cl.Cl. The fourth-order valence-corrected chi connectivity index (χ4v) is 6.00. The monoisotopic (exact) mass is 590 g/mol. The molecule has 0 aromatic heterocycles. The summed E-state index contributed by atoms with van der Waals surface area (Å²) in [5, 5.41) is 0.216. The predicted molar refractivity (Wildman–Crippen MR) is 143 cm³/mol. The normalized spacial score (nSPS) is 15.9. The zero-order valence-corrected chi connectivity index (χ0v) is 22.4. The molecule has 0 saturated heterocycles. The van der Waals surface area contributed by atoms with Crippen LogP contribution in [0.25, 0.3) is 11.6 Å². The molecule has 5 nitrogen and oxygen atoms in total. The molecule has 0 fully saturated rings. The van der Waals surface area contributed by atoms with Gasteiger partial charge in [0.1, 0.15) is 17.7 Å². The molecule has 38 heavy (non-hydrogen) atoms. The van der Waals surface area contributed by atoms with Gasteiger partial charge in [-0.1, -0.05) is 35.9 Å². The summed E-state index contributed by atoms with van der Waals surface area (Å²) in [4.78, 5) is -0.503. The molecule has 204 valence electrons. The molecule has 3 aromatic carbocycles. The number of alkyl halides is 3. The van der Waals surface area contributed by atoms with Gasteiger partial charge in [0.15, 0.2) is 0 Å². The Labute approximate surface area is 229 Å². The van der Waals surface area contributed by atoms with Crippen LogP contribution in [-0.2, 0) is 16.2 Å². The number of hydrogen-bond donors (Lipinski definition) is 1. The number of anilines is 1. The third-order valence-corrected chi connectivity index (χ3v) is 7.98. The van der Waals surface area contributed by atoms with Crippen LogP contribution in [0.4, 0.5) is 23.2 Å². The van der Waals surface area contributed by atoms with E-state index in [0.29, 0.717) is 23.6 Å². The summed E-state index contributed by atoms with van der Waals surface area (Å²) < 4.78 is 88.4. The first kappa shape index (κ1) is 29.8. The lowest BCUT2D eigenvalue weighted by molar-refractivity contribution is -0.137. The van der Waals surface area contributed by atoms with Crippen molar-refractivity contribution in [2.24, 2.45) is 5.73 Å². The minimum absolute atomic E-state index is 0. The van der Waals surface area contributed by atoms with Gasteiger partial charge in [0, 0.05) is 5.56 Å². The van der Waals surface area contributed by atoms with Crippen molar-refractivity contribution in [2.45, 2.75) is 30.5 Å². The molecule has 3 aromatic rings. The first-order valence-corrected chi connectivity index (χ1v) is 13.1. The zero-order valence-electron chi connectivity index (χ0n) is 20.0. The van der Waals surface area contributed by atoms with Crippen LogP contribution < -0.4 is 14.8 Å². The number of halogens is 6. The molecule has 1 heterocycles. The molecule has 0 radical (unpaired) electrons. The van der Waals surface area contributed by atoms with E-state index < -0.39 is 38.6 Å². The maximum absolute atomic E-state index is 14.4. The second kappa shape index (κ2) is 11.5. The Morgan fingerprint density at radius 3 is 2.53 bits per heavy atom. The van der Waals surface area contributed by atoms with Gasteiger partial charge in [0.2, 0.25) is 0 Å². The van der Waals surface area contributed by atoms with Crippen molar-refractivity contribution >= 4 is 51.4 Å². The smallest absolute Gasteiger partial charge is 0.416 e. The Hall–Kier alpha value is -2.79. The molecule has 0 amide bonds. The molecule has 0 unspecified atom stereocenters. The number of rotatable bonds is 6. The van der Waals surface area contributed by atoms with Crippen LogP contribution in [0.1, 0.15) is 30.0 Å². The van der Waals surface area contributed by atoms with E-state index in [0.717, 1.165) is 22.5 Å². The van der Waals surface area contributed by atoms with Gasteiger partial charge in [0.25, 0.3) is 10.0 Å². The quantitative estimate of drug-likeness (QED) is 0.253. The molecule has 0 aliphatic carbocycles. The van der Waals surface area contributed by atoms with Crippen molar-refractivity contribution in [2.75, 3.05) is 17.4 Å². The minimum Gasteiger partial charge on any atom is -0.486 e. The molecule has 1 aliphatic rings. The molecule has 2 N–H and O–H groups in total. The zero-order chi connectivity index (χ0) is 27.0. The van der Waals surface area contributed by atoms with Gasteiger partial charge in [-0.05, 0) is 73.5 Å². The predicted octanol–water partition coefficient (Wildman–Crippen LogP) is 6.79. The number of allylic oxidation sites excluding steroid dienone is 1. The van der Waals surface area contributed by atoms with Gasteiger partial charge in [-0.3, -0.25) is 4.31 Å². The summed E-state index contributed by atoms with van der Waals surface area (Å²) in [7, 11) is -4.41. The van der Waals surface area contributed by atoms with Crippen LogP contribution in [0.15, 0.2) is 65.6 Å². The fraction of sp³-hybridized carbons (Fsp3) is 0.231. The Morgan fingerprint density at radius 1 is 1.16 bits per heavy atom. The summed E-state index contributed by atoms with van der Waals surface area (Å²) in [6.07, 6.45) is -3.34. The number of nitrogens with two attached hydrogens (primary N) is 1. The van der Waals surface area contributed by atoms with E-state index in [4.69, 9.17) is 22.1 Å². The maximum atomic E-state index is 14.4. The number of sulfonamides is 1. The molecule has 1 atom stereocenters. The van der Waals surface area contributed by atoms with Crippen LogP contribution in [0.5, 0.6) is 5.75 Å². The largest absolute Gasteiger partial charge is 0.486 e. The third kappa shape index (κ3) is 6.09. The first-order chi connectivity index (χ1) is 17.4. The lowest BCUT2D eigenvalue weighted by atomic mass is 10.0. The summed E-state index contributed by atoms with van der Waals surface area (Å²) in [6, 6.07) is 12.7. The van der Waals surface area contributed by atoms with Gasteiger partial charge in [-0.2, -0.15) is 13.2 Å². The number of fused-ring (bicyclic) bond motifs is 1. The van der Waals surface area contributed by atoms with Crippen LogP contribution in [-0.4, -0.2) is 27.6 Å². The van der Waals surface area contributed by atoms with Gasteiger partial charge in [-0.15, -0.1) is 12.4 Å². The van der Waals surface area contributed by atoms with Gasteiger partial charge in [-0.25, -0.2) is 12.8 Å². The van der Waals surface area contributed by atoms with Gasteiger partial charge >= 0.3 is 6.18 Å². The Bertz CT molecular complexity index is 1440. The second-order valence-electron chi connectivity index (χ2n) is 8.53. The number of benzene rings is 3. The van der Waals surface area contributed by atoms with Crippen LogP contribution >= 0.6 is 24.0 Å². The van der Waals surface area contributed by atoms with Gasteiger partial charge in [0.05, 0.1) is 27.7 Å². The van der Waals surface area contributed by atoms with Crippen molar-refractivity contribution in [1.82, 2.24) is 0 Å². The van der Waals surface area contributed by atoms with Crippen molar-refractivity contribution in [1.29, 1.82) is 0 Å². The van der Waals surface area contributed by atoms with E-state index in [-0.39, 0.29) is 47.5 Å². The molecule has 12 heteroatoms. The van der Waals surface area contributed by atoms with E-state index in [1.807, 2.05) is 0 Å². The van der Waals surface area contributed by atoms with E-state index >= 15 is 0 Å². The van der Waals surface area contributed by atoms with Crippen molar-refractivity contribution in [3.05, 3.63) is 88.2 Å². The topological polar surface area (TPSA) is 72.6 Å². The van der Waals surface area contributed by atoms with Crippen LogP contribution in [0, 0.1) is 5.82 Å². The average molecular weight is 591 g/mol. The third-order valence-electron chi connectivity index (χ3n) is 5.89. The highest BCUT2D eigenvalue weighted by Gasteiger charge is 2.37. The first-order valence-electron chi connectivity index (χ1n) is 11.3. The highest BCUT2D eigenvalue weighted by molar-refractivity contribution is 7.92.